The van der Waals surface area contributed by atoms with Gasteiger partial charge in [-0.1, -0.05) is 6.07 Å². The van der Waals surface area contributed by atoms with Gasteiger partial charge in [-0.2, -0.15) is 0 Å². The van der Waals surface area contributed by atoms with Crippen molar-refractivity contribution in [2.24, 2.45) is 5.73 Å². The molecule has 4 heteroatoms. The third-order valence-corrected chi connectivity index (χ3v) is 2.04. The number of aromatic nitrogens is 2. The molecule has 0 saturated heterocycles. The molecular formula is C10H13N3O. The van der Waals surface area contributed by atoms with E-state index in [9.17, 15) is 0 Å². The lowest BCUT2D eigenvalue weighted by Gasteiger charge is -1.99. The van der Waals surface area contributed by atoms with Crippen LogP contribution in [0.5, 0.6) is 5.88 Å². The summed E-state index contributed by atoms with van der Waals surface area (Å²) in [4.78, 5) is 0. The van der Waals surface area contributed by atoms with Crippen molar-refractivity contribution in [3.05, 3.63) is 23.8 Å². The summed E-state index contributed by atoms with van der Waals surface area (Å²) in [5.41, 5.74) is 7.55. The number of aromatic amines is 1. The van der Waals surface area contributed by atoms with Gasteiger partial charge in [0.15, 0.2) is 0 Å². The SMILES string of the molecule is Cc1ccc2c(OCCN)n[nH]c2c1. The van der Waals surface area contributed by atoms with E-state index in [-0.39, 0.29) is 0 Å². The van der Waals surface area contributed by atoms with Crippen molar-refractivity contribution >= 4 is 10.9 Å². The fourth-order valence-electron chi connectivity index (χ4n) is 1.37. The highest BCUT2D eigenvalue weighted by atomic mass is 16.5. The molecule has 3 N–H and O–H groups in total. The third kappa shape index (κ3) is 1.56. The van der Waals surface area contributed by atoms with Gasteiger partial charge < -0.3 is 10.5 Å². The van der Waals surface area contributed by atoms with Gasteiger partial charge >= 0.3 is 0 Å². The van der Waals surface area contributed by atoms with Gasteiger partial charge in [0, 0.05) is 6.54 Å². The van der Waals surface area contributed by atoms with Crippen molar-refractivity contribution < 1.29 is 4.74 Å². The van der Waals surface area contributed by atoms with E-state index in [1.165, 1.54) is 5.56 Å². The highest BCUT2D eigenvalue weighted by Crippen LogP contribution is 2.22. The molecule has 0 aliphatic heterocycles. The van der Waals surface area contributed by atoms with Crippen LogP contribution < -0.4 is 10.5 Å². The van der Waals surface area contributed by atoms with Crippen LogP contribution in [0.15, 0.2) is 18.2 Å². The number of hydrogen-bond acceptors (Lipinski definition) is 3. The first-order valence-electron chi connectivity index (χ1n) is 4.59. The van der Waals surface area contributed by atoms with Crippen molar-refractivity contribution in [1.29, 1.82) is 0 Å². The summed E-state index contributed by atoms with van der Waals surface area (Å²) in [5.74, 6) is 0.630. The Morgan fingerprint density at radius 3 is 3.14 bits per heavy atom. The van der Waals surface area contributed by atoms with Crippen molar-refractivity contribution in [3.63, 3.8) is 0 Å². The fourth-order valence-corrected chi connectivity index (χ4v) is 1.37. The highest BCUT2D eigenvalue weighted by molar-refractivity contribution is 5.84. The molecule has 0 spiro atoms. The van der Waals surface area contributed by atoms with Crippen LogP contribution in [0, 0.1) is 6.92 Å². The van der Waals surface area contributed by atoms with Gasteiger partial charge in [-0.25, -0.2) is 0 Å². The molecule has 2 rings (SSSR count). The zero-order chi connectivity index (χ0) is 9.97. The Labute approximate surface area is 82.1 Å². The van der Waals surface area contributed by atoms with Crippen molar-refractivity contribution in [1.82, 2.24) is 10.2 Å². The van der Waals surface area contributed by atoms with Crippen molar-refractivity contribution in [2.45, 2.75) is 6.92 Å². The maximum atomic E-state index is 5.38. The molecule has 4 nitrogen and oxygen atoms in total. The third-order valence-electron chi connectivity index (χ3n) is 2.04. The minimum atomic E-state index is 0.494. The molecule has 0 aliphatic carbocycles. The lowest BCUT2D eigenvalue weighted by Crippen LogP contribution is -2.10. The van der Waals surface area contributed by atoms with E-state index in [1.54, 1.807) is 0 Å². The second-order valence-electron chi connectivity index (χ2n) is 3.21. The zero-order valence-corrected chi connectivity index (χ0v) is 8.08. The summed E-state index contributed by atoms with van der Waals surface area (Å²) in [6.07, 6.45) is 0. The Hall–Kier alpha value is -1.55. The number of rotatable bonds is 3. The van der Waals surface area contributed by atoms with E-state index in [0.717, 1.165) is 10.9 Å². The topological polar surface area (TPSA) is 63.9 Å². The van der Waals surface area contributed by atoms with E-state index in [0.29, 0.717) is 19.0 Å². The monoisotopic (exact) mass is 191 g/mol. The standard InChI is InChI=1S/C10H13N3O/c1-7-2-3-8-9(6-7)12-13-10(8)14-5-4-11/h2-3,6H,4-5,11H2,1H3,(H,12,13). The van der Waals surface area contributed by atoms with Gasteiger partial charge in [-0.15, -0.1) is 5.10 Å². The number of nitrogens with two attached hydrogens (primary N) is 1. The highest BCUT2D eigenvalue weighted by Gasteiger charge is 2.05. The summed E-state index contributed by atoms with van der Waals surface area (Å²) >= 11 is 0. The molecule has 0 radical (unpaired) electrons. The molecule has 0 aliphatic rings. The molecule has 0 fully saturated rings. The quantitative estimate of drug-likeness (QED) is 0.766. The lowest BCUT2D eigenvalue weighted by molar-refractivity contribution is 0.318. The van der Waals surface area contributed by atoms with Gasteiger partial charge in [-0.3, -0.25) is 5.10 Å². The predicted octanol–water partition coefficient (Wildman–Crippen LogP) is 1.21. The van der Waals surface area contributed by atoms with E-state index < -0.39 is 0 Å². The predicted molar refractivity (Wildman–Crippen MR) is 55.4 cm³/mol. The number of hydrogen-bond donors (Lipinski definition) is 2. The molecule has 0 bridgehead atoms. The zero-order valence-electron chi connectivity index (χ0n) is 8.08. The second kappa shape index (κ2) is 3.67. The number of ether oxygens (including phenoxy) is 1. The van der Waals surface area contributed by atoms with Crippen LogP contribution in [0.4, 0.5) is 0 Å². The van der Waals surface area contributed by atoms with E-state index in [4.69, 9.17) is 10.5 Å². The Balaban J connectivity index is 2.37. The molecule has 0 saturated carbocycles. The lowest BCUT2D eigenvalue weighted by atomic mass is 10.2. The first kappa shape index (κ1) is 9.02. The Morgan fingerprint density at radius 1 is 1.50 bits per heavy atom. The van der Waals surface area contributed by atoms with Crippen molar-refractivity contribution in [3.8, 4) is 5.88 Å². The number of benzene rings is 1. The van der Waals surface area contributed by atoms with E-state index in [2.05, 4.69) is 10.2 Å². The van der Waals surface area contributed by atoms with Crippen LogP contribution in [0.3, 0.4) is 0 Å². The van der Waals surface area contributed by atoms with Gasteiger partial charge in [0.2, 0.25) is 5.88 Å². The summed E-state index contributed by atoms with van der Waals surface area (Å²) in [5, 5.41) is 8.00. The minimum absolute atomic E-state index is 0.494. The fraction of sp³-hybridized carbons (Fsp3) is 0.300. The Kier molecular flexibility index (Phi) is 2.37. The molecule has 2 aromatic rings. The van der Waals surface area contributed by atoms with Gasteiger partial charge in [0.05, 0.1) is 10.9 Å². The van der Waals surface area contributed by atoms with Crippen LogP contribution >= 0.6 is 0 Å². The smallest absolute Gasteiger partial charge is 0.240 e. The maximum Gasteiger partial charge on any atom is 0.240 e. The Morgan fingerprint density at radius 2 is 2.36 bits per heavy atom. The molecule has 1 aromatic heterocycles. The van der Waals surface area contributed by atoms with Gasteiger partial charge in [0.25, 0.3) is 0 Å². The van der Waals surface area contributed by atoms with Crippen molar-refractivity contribution in [2.75, 3.05) is 13.2 Å². The summed E-state index contributed by atoms with van der Waals surface area (Å²) in [6, 6.07) is 6.07. The first-order valence-corrected chi connectivity index (χ1v) is 4.59. The molecule has 0 amide bonds. The molecule has 1 heterocycles. The summed E-state index contributed by atoms with van der Waals surface area (Å²) < 4.78 is 5.38. The minimum Gasteiger partial charge on any atom is -0.475 e. The first-order chi connectivity index (χ1) is 6.81. The maximum absolute atomic E-state index is 5.38. The number of nitrogens with one attached hydrogen (secondary N) is 1. The molecule has 0 atom stereocenters. The van der Waals surface area contributed by atoms with Crippen LogP contribution in [-0.4, -0.2) is 23.3 Å². The second-order valence-corrected chi connectivity index (χ2v) is 3.21. The molecule has 0 unspecified atom stereocenters. The number of nitrogens with zero attached hydrogens (tertiary/aromatic N) is 1. The average Bonchev–Trinajstić information content (AvgIpc) is 2.57. The summed E-state index contributed by atoms with van der Waals surface area (Å²) in [7, 11) is 0. The van der Waals surface area contributed by atoms with E-state index >= 15 is 0 Å². The Bertz CT molecular complexity index is 436. The van der Waals surface area contributed by atoms with Crippen LogP contribution in [-0.2, 0) is 0 Å². The van der Waals surface area contributed by atoms with Gasteiger partial charge in [0.1, 0.15) is 6.61 Å². The largest absolute Gasteiger partial charge is 0.475 e. The summed E-state index contributed by atoms with van der Waals surface area (Å²) in [6.45, 7) is 3.04. The molecular weight excluding hydrogens is 178 g/mol. The average molecular weight is 191 g/mol. The van der Waals surface area contributed by atoms with Crippen LogP contribution in [0.2, 0.25) is 0 Å². The number of fused-ring (bicyclic) bond motifs is 1. The van der Waals surface area contributed by atoms with Gasteiger partial charge in [-0.05, 0) is 24.6 Å². The molecule has 74 valence electrons. The van der Waals surface area contributed by atoms with Crippen LogP contribution in [0.1, 0.15) is 5.56 Å². The molecule has 1 aromatic carbocycles. The van der Waals surface area contributed by atoms with Crippen LogP contribution in [0.25, 0.3) is 10.9 Å². The number of H-pyrrole nitrogens is 1. The molecule has 14 heavy (non-hydrogen) atoms. The number of aryl methyl sites for hydroxylation is 1. The normalized spacial score (nSPS) is 10.7. The van der Waals surface area contributed by atoms with E-state index in [1.807, 2.05) is 25.1 Å².